The SMILES string of the molecule is C=C(O)COP(=O)(O)CCC(C(=O)O)[N+](C)(C)C. The van der Waals surface area contributed by atoms with Crippen LogP contribution in [0, 0.1) is 0 Å². The molecule has 3 N–H and O–H groups in total. The van der Waals surface area contributed by atoms with Crippen molar-refractivity contribution in [2.75, 3.05) is 33.9 Å². The van der Waals surface area contributed by atoms with E-state index in [1.807, 2.05) is 0 Å². The van der Waals surface area contributed by atoms with Crippen molar-refractivity contribution in [1.82, 2.24) is 0 Å². The van der Waals surface area contributed by atoms with Crippen LogP contribution in [-0.2, 0) is 13.9 Å². The van der Waals surface area contributed by atoms with E-state index in [2.05, 4.69) is 11.1 Å². The van der Waals surface area contributed by atoms with Crippen molar-refractivity contribution in [2.24, 2.45) is 0 Å². The van der Waals surface area contributed by atoms with Gasteiger partial charge in [-0.05, 0) is 0 Å². The first kappa shape index (κ1) is 17.1. The summed E-state index contributed by atoms with van der Waals surface area (Å²) in [6.45, 7) is 2.69. The molecule has 0 aromatic heterocycles. The van der Waals surface area contributed by atoms with Gasteiger partial charge in [0, 0.05) is 6.42 Å². The summed E-state index contributed by atoms with van der Waals surface area (Å²) in [6, 6.07) is -0.800. The predicted molar refractivity (Wildman–Crippen MR) is 66.5 cm³/mol. The summed E-state index contributed by atoms with van der Waals surface area (Å²) in [4.78, 5) is 20.5. The molecule has 0 amide bonds. The monoisotopic (exact) mass is 282 g/mol. The van der Waals surface area contributed by atoms with Crippen molar-refractivity contribution in [3.8, 4) is 0 Å². The van der Waals surface area contributed by atoms with Crippen molar-refractivity contribution in [1.29, 1.82) is 0 Å². The maximum Gasteiger partial charge on any atom is 0.362 e. The van der Waals surface area contributed by atoms with Crippen LogP contribution in [0.4, 0.5) is 0 Å². The molecule has 0 aliphatic rings. The molecule has 2 atom stereocenters. The van der Waals surface area contributed by atoms with Gasteiger partial charge in [-0.2, -0.15) is 0 Å². The number of aliphatic hydroxyl groups is 1. The molecule has 0 aromatic rings. The zero-order valence-electron chi connectivity index (χ0n) is 10.9. The van der Waals surface area contributed by atoms with E-state index in [0.29, 0.717) is 0 Å². The molecule has 0 spiro atoms. The van der Waals surface area contributed by atoms with E-state index in [-0.39, 0.29) is 22.8 Å². The number of carboxylic acid groups (broad SMARTS) is 1. The number of aliphatic hydroxyl groups excluding tert-OH is 1. The van der Waals surface area contributed by atoms with E-state index in [0.717, 1.165) is 0 Å². The lowest BCUT2D eigenvalue weighted by Crippen LogP contribution is -2.50. The highest BCUT2D eigenvalue weighted by atomic mass is 31.2. The molecule has 0 heterocycles. The predicted octanol–water partition coefficient (Wildman–Crippen LogP) is 0.810. The topological polar surface area (TPSA) is 104 Å². The highest BCUT2D eigenvalue weighted by Gasteiger charge is 2.34. The van der Waals surface area contributed by atoms with Gasteiger partial charge in [0.15, 0.2) is 6.04 Å². The Bertz CT molecular complexity index is 362. The van der Waals surface area contributed by atoms with Gasteiger partial charge in [-0.3, -0.25) is 4.57 Å². The molecule has 106 valence electrons. The van der Waals surface area contributed by atoms with Crippen LogP contribution in [-0.4, -0.2) is 65.5 Å². The van der Waals surface area contributed by atoms with Crippen molar-refractivity contribution < 1.29 is 33.5 Å². The molecule has 2 unspecified atom stereocenters. The van der Waals surface area contributed by atoms with Crippen molar-refractivity contribution in [3.63, 3.8) is 0 Å². The lowest BCUT2D eigenvalue weighted by Gasteiger charge is -2.31. The number of carbonyl (C=O) groups is 1. The van der Waals surface area contributed by atoms with Crippen LogP contribution < -0.4 is 0 Å². The van der Waals surface area contributed by atoms with Crippen LogP contribution in [0.2, 0.25) is 0 Å². The van der Waals surface area contributed by atoms with Crippen LogP contribution in [0.25, 0.3) is 0 Å². The number of aliphatic carboxylic acids is 1. The van der Waals surface area contributed by atoms with Gasteiger partial charge in [0.25, 0.3) is 0 Å². The molecule has 7 nitrogen and oxygen atoms in total. The van der Waals surface area contributed by atoms with Gasteiger partial charge >= 0.3 is 13.6 Å². The molecule has 0 bridgehead atoms. The first-order chi connectivity index (χ1) is 7.96. The standard InChI is InChI=1S/C10H20NO6P/c1-8(12)7-17-18(15,16)6-5-9(10(13)14)11(2,3)4/h9H,1,5-7H2,2-4H3,(H2-,12,13,14,15,16)/p+1. The first-order valence-electron chi connectivity index (χ1n) is 5.33. The molecule has 0 fully saturated rings. The van der Waals surface area contributed by atoms with Gasteiger partial charge in [0.1, 0.15) is 12.4 Å². The Morgan fingerprint density at radius 3 is 2.22 bits per heavy atom. The van der Waals surface area contributed by atoms with Crippen LogP contribution in [0.3, 0.4) is 0 Å². The second-order valence-electron chi connectivity index (χ2n) is 4.96. The maximum absolute atomic E-state index is 11.6. The lowest BCUT2D eigenvalue weighted by molar-refractivity contribution is -0.887. The number of carboxylic acids is 1. The number of likely N-dealkylation sites (N-methyl/N-ethyl adjacent to an activating group) is 1. The summed E-state index contributed by atoms with van der Waals surface area (Å²) in [5.41, 5.74) is 0. The largest absolute Gasteiger partial charge is 0.510 e. The van der Waals surface area contributed by atoms with Crippen LogP contribution >= 0.6 is 7.60 Å². The molecule has 0 radical (unpaired) electrons. The highest BCUT2D eigenvalue weighted by molar-refractivity contribution is 7.52. The van der Waals surface area contributed by atoms with Crippen molar-refractivity contribution in [2.45, 2.75) is 12.5 Å². The van der Waals surface area contributed by atoms with Crippen LogP contribution in [0.1, 0.15) is 6.42 Å². The minimum atomic E-state index is -3.90. The quantitative estimate of drug-likeness (QED) is 0.346. The summed E-state index contributed by atoms with van der Waals surface area (Å²) in [7, 11) is 1.17. The molecule has 0 saturated carbocycles. The number of nitrogens with zero attached hydrogens (tertiary/aromatic N) is 1. The van der Waals surface area contributed by atoms with E-state index in [1.54, 1.807) is 21.1 Å². The third-order valence-electron chi connectivity index (χ3n) is 2.34. The minimum Gasteiger partial charge on any atom is -0.510 e. The fourth-order valence-corrected chi connectivity index (χ4v) is 2.42. The lowest BCUT2D eigenvalue weighted by atomic mass is 10.2. The second-order valence-corrected chi connectivity index (χ2v) is 6.94. The molecular formula is C10H21NO6P+. The molecule has 0 aromatic carbocycles. The zero-order valence-corrected chi connectivity index (χ0v) is 11.8. The fraction of sp³-hybridized carbons (Fsp3) is 0.700. The van der Waals surface area contributed by atoms with E-state index < -0.39 is 26.2 Å². The van der Waals surface area contributed by atoms with Crippen LogP contribution in [0.5, 0.6) is 0 Å². The van der Waals surface area contributed by atoms with Gasteiger partial charge in [0.05, 0.1) is 27.3 Å². The Morgan fingerprint density at radius 1 is 1.39 bits per heavy atom. The van der Waals surface area contributed by atoms with Gasteiger partial charge < -0.3 is 24.1 Å². The van der Waals surface area contributed by atoms with Gasteiger partial charge in [-0.25, -0.2) is 4.79 Å². The average molecular weight is 282 g/mol. The normalized spacial score (nSPS) is 16.9. The molecule has 18 heavy (non-hydrogen) atoms. The fourth-order valence-electron chi connectivity index (χ4n) is 1.37. The van der Waals surface area contributed by atoms with Gasteiger partial charge in [-0.1, -0.05) is 6.58 Å². The third-order valence-corrected chi connectivity index (χ3v) is 3.69. The van der Waals surface area contributed by atoms with Crippen molar-refractivity contribution in [3.05, 3.63) is 12.3 Å². The second kappa shape index (κ2) is 6.33. The maximum atomic E-state index is 11.6. The summed E-state index contributed by atoms with van der Waals surface area (Å²) < 4.78 is 16.3. The molecule has 0 saturated heterocycles. The molecular weight excluding hydrogens is 261 g/mol. The summed E-state index contributed by atoms with van der Waals surface area (Å²) in [6.07, 6.45) is -0.280. The Hall–Kier alpha value is -0.880. The van der Waals surface area contributed by atoms with Crippen molar-refractivity contribution >= 4 is 13.6 Å². The average Bonchev–Trinajstić information content (AvgIpc) is 2.12. The van der Waals surface area contributed by atoms with Gasteiger partial charge in [0.2, 0.25) is 0 Å². The molecule has 8 heteroatoms. The Balaban J connectivity index is 4.48. The molecule has 0 aliphatic carbocycles. The Kier molecular flexibility index (Phi) is 6.02. The van der Waals surface area contributed by atoms with Gasteiger partial charge in [-0.15, -0.1) is 0 Å². The smallest absolute Gasteiger partial charge is 0.362 e. The van der Waals surface area contributed by atoms with E-state index in [9.17, 15) is 14.3 Å². The summed E-state index contributed by atoms with van der Waals surface area (Å²) in [5, 5.41) is 17.8. The summed E-state index contributed by atoms with van der Waals surface area (Å²) in [5.74, 6) is -1.39. The van der Waals surface area contributed by atoms with Crippen LogP contribution in [0.15, 0.2) is 12.3 Å². The number of quaternary nitrogens is 1. The summed E-state index contributed by atoms with van der Waals surface area (Å²) >= 11 is 0. The first-order valence-corrected chi connectivity index (χ1v) is 7.09. The number of hydrogen-bond donors (Lipinski definition) is 3. The zero-order chi connectivity index (χ0) is 14.6. The number of hydrogen-bond acceptors (Lipinski definition) is 4. The highest BCUT2D eigenvalue weighted by Crippen LogP contribution is 2.43. The van der Waals surface area contributed by atoms with E-state index >= 15 is 0 Å². The minimum absolute atomic E-state index is 0.00448. The Morgan fingerprint density at radius 2 is 1.89 bits per heavy atom. The Labute approximate surface area is 106 Å². The molecule has 0 aliphatic heterocycles. The van der Waals surface area contributed by atoms with E-state index in [1.165, 1.54) is 0 Å². The van der Waals surface area contributed by atoms with E-state index in [4.69, 9.17) is 10.2 Å². The molecule has 0 rings (SSSR count). The number of rotatable bonds is 8. The third kappa shape index (κ3) is 6.76.